The van der Waals surface area contributed by atoms with Crippen molar-refractivity contribution in [1.29, 1.82) is 0 Å². The van der Waals surface area contributed by atoms with Gasteiger partial charge in [-0.25, -0.2) is 0 Å². The van der Waals surface area contributed by atoms with Gasteiger partial charge in [-0.05, 0) is 54.9 Å². The van der Waals surface area contributed by atoms with Gasteiger partial charge in [-0.3, -0.25) is 24.0 Å². The molecule has 5 rings (SSSR count). The van der Waals surface area contributed by atoms with E-state index in [2.05, 4.69) is 29.8 Å². The second-order valence-corrected chi connectivity index (χ2v) is 12.6. The van der Waals surface area contributed by atoms with Crippen molar-refractivity contribution >= 4 is 29.5 Å². The van der Waals surface area contributed by atoms with E-state index in [1.165, 1.54) is 4.90 Å². The summed E-state index contributed by atoms with van der Waals surface area (Å²) in [6.07, 6.45) is 3.00. The zero-order valence-electron chi connectivity index (χ0n) is 26.1. The van der Waals surface area contributed by atoms with Gasteiger partial charge in [0.05, 0.1) is 18.0 Å². The van der Waals surface area contributed by atoms with Crippen LogP contribution in [0, 0.1) is 5.92 Å². The second-order valence-electron chi connectivity index (χ2n) is 12.6. The molecule has 240 valence electrons. The normalized spacial score (nSPS) is 22.7. The first-order chi connectivity index (χ1) is 21.7. The van der Waals surface area contributed by atoms with Crippen LogP contribution in [0.2, 0.25) is 0 Å². The number of fused-ring (bicyclic) bond motifs is 2. The van der Waals surface area contributed by atoms with Crippen LogP contribution in [0.1, 0.15) is 73.9 Å². The van der Waals surface area contributed by atoms with Crippen molar-refractivity contribution in [1.82, 2.24) is 25.8 Å². The Labute approximate surface area is 264 Å². The third kappa shape index (κ3) is 8.20. The smallest absolute Gasteiger partial charge is 0.255 e. The quantitative estimate of drug-likeness (QED) is 0.437. The number of hydrogen-bond donors (Lipinski definition) is 3. The van der Waals surface area contributed by atoms with Gasteiger partial charge in [0.1, 0.15) is 24.4 Å². The molecule has 2 saturated heterocycles. The Hall–Kier alpha value is -4.41. The van der Waals surface area contributed by atoms with E-state index in [0.29, 0.717) is 44.5 Å². The van der Waals surface area contributed by atoms with Gasteiger partial charge < -0.3 is 30.5 Å². The average molecular weight is 618 g/mol. The predicted molar refractivity (Wildman–Crippen MR) is 167 cm³/mol. The third-order valence-corrected chi connectivity index (χ3v) is 8.55. The van der Waals surface area contributed by atoms with Crippen LogP contribution < -0.4 is 20.7 Å². The maximum absolute atomic E-state index is 13.6. The number of carbonyl (C=O) groups is 5. The molecule has 3 aliphatic rings. The van der Waals surface area contributed by atoms with Gasteiger partial charge in [0.15, 0.2) is 0 Å². The monoisotopic (exact) mass is 617 g/mol. The maximum Gasteiger partial charge on any atom is 0.255 e. The number of carbonyl (C=O) groups excluding carboxylic acids is 5. The van der Waals surface area contributed by atoms with Crippen LogP contribution >= 0.6 is 0 Å². The van der Waals surface area contributed by atoms with Gasteiger partial charge in [0.25, 0.3) is 5.91 Å². The first-order valence-corrected chi connectivity index (χ1v) is 15.9. The molecule has 2 aromatic carbocycles. The topological polar surface area (TPSA) is 137 Å². The lowest BCUT2D eigenvalue weighted by molar-refractivity contribution is -0.140. The molecule has 0 unspecified atom stereocenters. The Morgan fingerprint density at radius 3 is 2.56 bits per heavy atom. The summed E-state index contributed by atoms with van der Waals surface area (Å²) in [5.74, 6) is -0.892. The third-order valence-electron chi connectivity index (χ3n) is 8.55. The van der Waals surface area contributed by atoms with Crippen molar-refractivity contribution in [3.8, 4) is 5.75 Å². The highest BCUT2D eigenvalue weighted by molar-refractivity contribution is 6.01. The highest BCUT2D eigenvalue weighted by atomic mass is 16.5. The number of ether oxygens (including phenoxy) is 1. The minimum Gasteiger partial charge on any atom is -0.491 e. The average Bonchev–Trinajstić information content (AvgIpc) is 3.67. The summed E-state index contributed by atoms with van der Waals surface area (Å²) in [6.45, 7) is 6.10. The van der Waals surface area contributed by atoms with E-state index in [4.69, 9.17) is 4.74 Å². The minimum absolute atomic E-state index is 0.142. The molecule has 0 spiro atoms. The molecule has 45 heavy (non-hydrogen) atoms. The van der Waals surface area contributed by atoms with Crippen molar-refractivity contribution in [2.75, 3.05) is 19.7 Å². The van der Waals surface area contributed by atoms with Gasteiger partial charge >= 0.3 is 0 Å². The number of para-hydroxylation sites is 1. The number of nitrogens with one attached hydrogen (secondary N) is 3. The molecule has 3 aliphatic heterocycles. The van der Waals surface area contributed by atoms with Crippen molar-refractivity contribution in [2.24, 2.45) is 5.92 Å². The largest absolute Gasteiger partial charge is 0.491 e. The fraction of sp³-hybridized carbons (Fsp3) is 0.500. The summed E-state index contributed by atoms with van der Waals surface area (Å²) in [6, 6.07) is 12.3. The molecule has 2 fully saturated rings. The van der Waals surface area contributed by atoms with E-state index >= 15 is 0 Å². The first kappa shape index (κ1) is 32.0. The Morgan fingerprint density at radius 2 is 1.78 bits per heavy atom. The Bertz CT molecular complexity index is 1430. The zero-order valence-corrected chi connectivity index (χ0v) is 26.1. The van der Waals surface area contributed by atoms with Crippen LogP contribution in [0.3, 0.4) is 0 Å². The van der Waals surface area contributed by atoms with Gasteiger partial charge in [-0.2, -0.15) is 0 Å². The van der Waals surface area contributed by atoms with Crippen LogP contribution in [0.15, 0.2) is 48.5 Å². The maximum atomic E-state index is 13.6. The zero-order chi connectivity index (χ0) is 31.9. The molecule has 3 N–H and O–H groups in total. The van der Waals surface area contributed by atoms with E-state index in [1.807, 2.05) is 29.2 Å². The van der Waals surface area contributed by atoms with Crippen LogP contribution in [-0.4, -0.2) is 77.2 Å². The summed E-state index contributed by atoms with van der Waals surface area (Å²) >= 11 is 0. The van der Waals surface area contributed by atoms with E-state index in [9.17, 15) is 24.0 Å². The van der Waals surface area contributed by atoms with Crippen LogP contribution in [0.4, 0.5) is 0 Å². The van der Waals surface area contributed by atoms with Crippen molar-refractivity contribution in [2.45, 2.75) is 83.6 Å². The van der Waals surface area contributed by atoms with Crippen molar-refractivity contribution in [3.63, 3.8) is 0 Å². The summed E-state index contributed by atoms with van der Waals surface area (Å²) in [7, 11) is 0. The lowest BCUT2D eigenvalue weighted by Crippen LogP contribution is -2.53. The fourth-order valence-corrected chi connectivity index (χ4v) is 6.32. The van der Waals surface area contributed by atoms with E-state index in [-0.39, 0.29) is 54.8 Å². The van der Waals surface area contributed by atoms with Crippen molar-refractivity contribution in [3.05, 3.63) is 65.2 Å². The number of benzene rings is 2. The summed E-state index contributed by atoms with van der Waals surface area (Å²) in [5.41, 5.74) is 2.03. The fourth-order valence-electron chi connectivity index (χ4n) is 6.32. The molecule has 3 heterocycles. The van der Waals surface area contributed by atoms with Gasteiger partial charge in [0, 0.05) is 32.6 Å². The lowest BCUT2D eigenvalue weighted by atomic mass is 10.0. The molecule has 0 radical (unpaired) electrons. The molecule has 3 atom stereocenters. The molecule has 2 aromatic rings. The predicted octanol–water partition coefficient (Wildman–Crippen LogP) is 2.53. The van der Waals surface area contributed by atoms with Crippen molar-refractivity contribution < 1.29 is 28.7 Å². The molecular formula is C34H43N5O6. The molecule has 5 amide bonds. The highest BCUT2D eigenvalue weighted by Crippen LogP contribution is 2.23. The molecule has 0 aromatic heterocycles. The summed E-state index contributed by atoms with van der Waals surface area (Å²) in [4.78, 5) is 69.5. The SMILES string of the molecule is CC(C)C[C@H]1COc2ccccc2C(=O)N[C@H](C(=O)NCc2cccc(CN3CCCC3=O)c2)CC(=O)N2CCC[C@@H]2C(=O)N1. The van der Waals surface area contributed by atoms with E-state index in [0.717, 1.165) is 24.1 Å². The van der Waals surface area contributed by atoms with Gasteiger partial charge in [0.2, 0.25) is 23.6 Å². The Kier molecular flexibility index (Phi) is 10.4. The second kappa shape index (κ2) is 14.6. The standard InChI is InChI=1S/C34H43N5O6/c1-22(2)16-25-21-45-29-12-4-3-10-26(29)32(42)37-27(18-31(41)39-15-6-11-28(39)34(44)36-25)33(43)35-19-23-8-5-9-24(17-23)20-38-14-7-13-30(38)40/h3-5,8-10,12,17,22,25,27-28H,6-7,11,13-16,18-21H2,1-2H3,(H,35,43)(H,36,44)(H,37,42)/t25-,27-,28+/m0/s1. The van der Waals surface area contributed by atoms with E-state index < -0.39 is 23.9 Å². The lowest BCUT2D eigenvalue weighted by Gasteiger charge is -2.29. The number of likely N-dealkylation sites (tertiary alicyclic amines) is 1. The van der Waals surface area contributed by atoms with Gasteiger partial charge in [-0.15, -0.1) is 0 Å². The van der Waals surface area contributed by atoms with E-state index in [1.54, 1.807) is 24.3 Å². The van der Waals surface area contributed by atoms with Crippen LogP contribution in [-0.2, 0) is 32.3 Å². The molecule has 11 nitrogen and oxygen atoms in total. The first-order valence-electron chi connectivity index (χ1n) is 15.9. The highest BCUT2D eigenvalue weighted by Gasteiger charge is 2.37. The number of amides is 5. The molecule has 0 aliphatic carbocycles. The summed E-state index contributed by atoms with van der Waals surface area (Å²) < 4.78 is 6.08. The number of hydrogen-bond acceptors (Lipinski definition) is 6. The Balaban J connectivity index is 1.34. The van der Waals surface area contributed by atoms with Crippen LogP contribution in [0.5, 0.6) is 5.75 Å². The number of rotatable bonds is 7. The molecule has 0 saturated carbocycles. The van der Waals surface area contributed by atoms with Crippen LogP contribution in [0.25, 0.3) is 0 Å². The molecule has 0 bridgehead atoms. The Morgan fingerprint density at radius 1 is 0.978 bits per heavy atom. The molecular weight excluding hydrogens is 574 g/mol. The number of nitrogens with zero attached hydrogens (tertiary/aromatic N) is 2. The summed E-state index contributed by atoms with van der Waals surface area (Å²) in [5, 5.41) is 8.72. The van der Waals surface area contributed by atoms with Gasteiger partial charge in [-0.1, -0.05) is 50.2 Å². The minimum atomic E-state index is -1.18. The molecule has 11 heteroatoms.